The van der Waals surface area contributed by atoms with Crippen molar-refractivity contribution in [3.05, 3.63) is 91.0 Å². The lowest BCUT2D eigenvalue weighted by Gasteiger charge is -2.28. The summed E-state index contributed by atoms with van der Waals surface area (Å²) in [6.07, 6.45) is 0. The molecule has 0 atom stereocenters. The molecule has 0 aliphatic rings. The largest absolute Gasteiger partial charge is 0.893 e. The molecule has 0 bridgehead atoms. The van der Waals surface area contributed by atoms with E-state index in [4.69, 9.17) is 17.7 Å². The van der Waals surface area contributed by atoms with Crippen molar-refractivity contribution in [1.29, 1.82) is 0 Å². The van der Waals surface area contributed by atoms with Crippen LogP contribution in [-0.2, 0) is 4.43 Å². The summed E-state index contributed by atoms with van der Waals surface area (Å²) in [6, 6.07) is 28.2. The van der Waals surface area contributed by atoms with Crippen molar-refractivity contribution >= 4 is 9.05 Å². The fourth-order valence-corrected chi connectivity index (χ4v) is 4.16. The molecule has 0 saturated heterocycles. The van der Waals surface area contributed by atoms with E-state index in [1.54, 1.807) is 0 Å². The molecule has 0 radical (unpaired) electrons. The summed E-state index contributed by atoms with van der Waals surface area (Å²) >= 11 is 0. The van der Waals surface area contributed by atoms with Gasteiger partial charge in [0.05, 0.1) is 0 Å². The normalized spacial score (nSPS) is 10.9. The van der Waals surface area contributed by atoms with Crippen LogP contribution in [-0.4, -0.2) is 15.7 Å². The summed E-state index contributed by atoms with van der Waals surface area (Å²) in [5, 5.41) is 0. The molecule has 0 aliphatic heterocycles. The van der Waals surface area contributed by atoms with Gasteiger partial charge in [-0.1, -0.05) is 54.6 Å². The summed E-state index contributed by atoms with van der Waals surface area (Å²) in [4.78, 5) is 0. The molecule has 0 amide bonds. The summed E-state index contributed by atoms with van der Waals surface area (Å²) < 4.78 is 24.3. The van der Waals surface area contributed by atoms with Crippen LogP contribution >= 0.6 is 0 Å². The minimum Gasteiger partial charge on any atom is -0.462 e. The Morgan fingerprint density at radius 3 is 1.16 bits per heavy atom. The van der Waals surface area contributed by atoms with Crippen LogP contribution in [0.3, 0.4) is 0 Å². The molecule has 3 aromatic rings. The zero-order valence-corrected chi connectivity index (χ0v) is 15.0. The van der Waals surface area contributed by atoms with E-state index in [0.29, 0.717) is 23.9 Å². The van der Waals surface area contributed by atoms with Crippen LogP contribution in [0.15, 0.2) is 91.0 Å². The zero-order chi connectivity index (χ0) is 17.4. The molecular formula is C20H20O4Si. The topological polar surface area (TPSA) is 36.9 Å². The summed E-state index contributed by atoms with van der Waals surface area (Å²) in [5.41, 5.74) is 0. The third-order valence-electron chi connectivity index (χ3n) is 3.28. The quantitative estimate of drug-likeness (QED) is 0.551. The van der Waals surface area contributed by atoms with Gasteiger partial charge in [-0.2, -0.15) is 0 Å². The van der Waals surface area contributed by atoms with Crippen molar-refractivity contribution < 1.29 is 17.7 Å². The molecule has 3 aromatic carbocycles. The van der Waals surface area contributed by atoms with Crippen LogP contribution in [0.5, 0.6) is 17.2 Å². The fourth-order valence-electron chi connectivity index (χ4n) is 2.23. The summed E-state index contributed by atoms with van der Waals surface area (Å²) in [7, 11) is -3.52. The number of rotatable bonds is 8. The Morgan fingerprint density at radius 1 is 0.560 bits per heavy atom. The first-order valence-electron chi connectivity index (χ1n) is 8.16. The van der Waals surface area contributed by atoms with E-state index in [-0.39, 0.29) is 0 Å². The van der Waals surface area contributed by atoms with Crippen LogP contribution in [0.1, 0.15) is 6.92 Å². The van der Waals surface area contributed by atoms with E-state index < -0.39 is 9.05 Å². The molecule has 25 heavy (non-hydrogen) atoms. The lowest BCUT2D eigenvalue weighted by atomic mass is 10.3. The van der Waals surface area contributed by atoms with Crippen LogP contribution in [0, 0.1) is 0 Å². The molecule has 5 heteroatoms. The molecule has 0 unspecified atom stereocenters. The maximum absolute atomic E-state index is 6.12. The summed E-state index contributed by atoms with van der Waals surface area (Å²) in [6.45, 7) is 2.29. The number of para-hydroxylation sites is 3. The number of benzene rings is 3. The van der Waals surface area contributed by atoms with E-state index in [9.17, 15) is 0 Å². The molecular weight excluding hydrogens is 332 g/mol. The molecule has 3 rings (SSSR count). The van der Waals surface area contributed by atoms with Gasteiger partial charge in [-0.3, -0.25) is 0 Å². The Balaban J connectivity index is 1.94. The second kappa shape index (κ2) is 8.37. The van der Waals surface area contributed by atoms with Crippen LogP contribution in [0.2, 0.25) is 0 Å². The predicted molar refractivity (Wildman–Crippen MR) is 98.6 cm³/mol. The summed E-state index contributed by atoms with van der Waals surface area (Å²) in [5.74, 6) is 1.90. The van der Waals surface area contributed by atoms with Crippen molar-refractivity contribution in [2.45, 2.75) is 6.92 Å². The van der Waals surface area contributed by atoms with Gasteiger partial charge >= 0.3 is 9.05 Å². The Hall–Kier alpha value is -2.76. The van der Waals surface area contributed by atoms with Crippen molar-refractivity contribution in [3.8, 4) is 17.2 Å². The minimum absolute atomic E-state index is 0.402. The first kappa shape index (κ1) is 17.1. The van der Waals surface area contributed by atoms with Crippen LogP contribution in [0.25, 0.3) is 0 Å². The van der Waals surface area contributed by atoms with Gasteiger partial charge in [-0.25, -0.2) is 0 Å². The number of hydrogen-bond donors (Lipinski definition) is 0. The van der Waals surface area contributed by atoms with E-state index in [1.165, 1.54) is 0 Å². The van der Waals surface area contributed by atoms with Gasteiger partial charge in [0.15, 0.2) is 0 Å². The van der Waals surface area contributed by atoms with E-state index in [2.05, 4.69) is 0 Å². The highest BCUT2D eigenvalue weighted by Crippen LogP contribution is 2.24. The Kier molecular flexibility index (Phi) is 5.72. The highest BCUT2D eigenvalue weighted by Gasteiger charge is 2.54. The highest BCUT2D eigenvalue weighted by molar-refractivity contribution is 6.56. The maximum Gasteiger partial charge on any atom is 0.893 e. The Bertz CT molecular complexity index is 649. The molecule has 4 nitrogen and oxygen atoms in total. The third-order valence-corrected chi connectivity index (χ3v) is 5.38. The Morgan fingerprint density at radius 2 is 0.880 bits per heavy atom. The number of hydrogen-bond acceptors (Lipinski definition) is 4. The average Bonchev–Trinajstić information content (AvgIpc) is 2.64. The van der Waals surface area contributed by atoms with Gasteiger partial charge in [-0.15, -0.1) is 0 Å². The Labute approximate surface area is 149 Å². The fraction of sp³-hybridized carbons (Fsp3) is 0.100. The molecule has 0 aliphatic carbocycles. The molecule has 0 heterocycles. The predicted octanol–water partition coefficient (Wildman–Crippen LogP) is 4.70. The van der Waals surface area contributed by atoms with Gasteiger partial charge < -0.3 is 17.7 Å². The van der Waals surface area contributed by atoms with Crippen molar-refractivity contribution in [2.24, 2.45) is 0 Å². The lowest BCUT2D eigenvalue weighted by Crippen LogP contribution is -2.57. The van der Waals surface area contributed by atoms with E-state index in [0.717, 1.165) is 0 Å². The first-order valence-corrected chi connectivity index (χ1v) is 9.79. The SMILES string of the molecule is CCO[Si](Oc1ccccc1)(Oc1ccccc1)Oc1ccccc1. The monoisotopic (exact) mass is 352 g/mol. The van der Waals surface area contributed by atoms with Crippen molar-refractivity contribution in [3.63, 3.8) is 0 Å². The van der Waals surface area contributed by atoms with Gasteiger partial charge in [0.2, 0.25) is 0 Å². The van der Waals surface area contributed by atoms with Gasteiger partial charge in [0, 0.05) is 6.61 Å². The molecule has 128 valence electrons. The van der Waals surface area contributed by atoms with E-state index in [1.807, 2.05) is 97.9 Å². The highest BCUT2D eigenvalue weighted by atomic mass is 28.4. The standard InChI is InChI=1S/C20H20O4Si/c1-2-21-25(22-18-12-6-3-7-13-18,23-19-14-8-4-9-15-19)24-20-16-10-5-11-17-20/h3-17H,2H2,1H3. The van der Waals surface area contributed by atoms with Crippen molar-refractivity contribution in [2.75, 3.05) is 6.61 Å². The van der Waals surface area contributed by atoms with Gasteiger partial charge in [-0.05, 0) is 43.3 Å². The average molecular weight is 352 g/mol. The third kappa shape index (κ3) is 4.85. The molecule has 0 spiro atoms. The molecule has 0 aromatic heterocycles. The molecule has 0 N–H and O–H groups in total. The van der Waals surface area contributed by atoms with Crippen molar-refractivity contribution in [1.82, 2.24) is 0 Å². The lowest BCUT2D eigenvalue weighted by molar-refractivity contribution is 0.0971. The molecule has 0 saturated carbocycles. The van der Waals surface area contributed by atoms with Crippen LogP contribution < -0.4 is 13.3 Å². The van der Waals surface area contributed by atoms with E-state index >= 15 is 0 Å². The second-order valence-corrected chi connectivity index (χ2v) is 7.08. The molecule has 0 fully saturated rings. The zero-order valence-electron chi connectivity index (χ0n) is 14.0. The first-order chi connectivity index (χ1) is 12.3. The van der Waals surface area contributed by atoms with Gasteiger partial charge in [0.1, 0.15) is 17.2 Å². The minimum atomic E-state index is -3.52. The smallest absolute Gasteiger partial charge is 0.462 e. The van der Waals surface area contributed by atoms with Gasteiger partial charge in [0.25, 0.3) is 0 Å². The second-order valence-electron chi connectivity index (χ2n) is 5.18. The van der Waals surface area contributed by atoms with Crippen LogP contribution in [0.4, 0.5) is 0 Å². The maximum atomic E-state index is 6.12.